The first-order chi connectivity index (χ1) is 15.1. The molecule has 2 heterocycles. The van der Waals surface area contributed by atoms with Crippen LogP contribution < -0.4 is 16.0 Å². The maximum Gasteiger partial charge on any atom is 0.328 e. The van der Waals surface area contributed by atoms with Crippen molar-refractivity contribution in [2.24, 2.45) is 0 Å². The van der Waals surface area contributed by atoms with E-state index in [-0.39, 0.29) is 26.4 Å². The molecule has 0 aliphatic carbocycles. The van der Waals surface area contributed by atoms with Crippen molar-refractivity contribution in [3.63, 3.8) is 0 Å². The topological polar surface area (TPSA) is 163 Å². The molecule has 0 bridgehead atoms. The molecular weight excluding hydrogens is 424 g/mol. The monoisotopic (exact) mass is 456 g/mol. The maximum absolute atomic E-state index is 12.7. The molecule has 32 heavy (non-hydrogen) atoms. The molecule has 2 aliphatic rings. The van der Waals surface area contributed by atoms with Crippen LogP contribution >= 0.6 is 0 Å². The largest absolute Gasteiger partial charge is 0.480 e. The van der Waals surface area contributed by atoms with Crippen LogP contribution in [0.25, 0.3) is 0 Å². The van der Waals surface area contributed by atoms with Gasteiger partial charge in [-0.05, 0) is 32.6 Å². The van der Waals surface area contributed by atoms with Crippen molar-refractivity contribution in [3.05, 3.63) is 0 Å². The molecule has 2 aliphatic heterocycles. The molecule has 4 N–H and O–H groups in total. The molecule has 0 aromatic carbocycles. The molecule has 0 saturated carbocycles. The summed E-state index contributed by atoms with van der Waals surface area (Å²) in [6, 6.07) is -2.06. The average molecular weight is 456 g/mol. The zero-order valence-corrected chi connectivity index (χ0v) is 18.5. The van der Waals surface area contributed by atoms with Gasteiger partial charge in [0.1, 0.15) is 11.6 Å². The Morgan fingerprint density at radius 3 is 2.50 bits per heavy atom. The lowest BCUT2D eigenvalue weighted by Gasteiger charge is -2.30. The summed E-state index contributed by atoms with van der Waals surface area (Å²) < 4.78 is 10.9. The molecule has 0 aromatic rings. The summed E-state index contributed by atoms with van der Waals surface area (Å²) in [6.07, 6.45) is 2.12. The number of rotatable bonds is 2. The summed E-state index contributed by atoms with van der Waals surface area (Å²) in [5.41, 5.74) is -1.37. The zero-order valence-electron chi connectivity index (χ0n) is 18.5. The second-order valence-corrected chi connectivity index (χ2v) is 8.18. The fourth-order valence-electron chi connectivity index (χ4n) is 3.67. The Labute approximate surface area is 186 Å². The quantitative estimate of drug-likeness (QED) is 0.385. The van der Waals surface area contributed by atoms with Crippen LogP contribution in [0.15, 0.2) is 0 Å². The van der Waals surface area contributed by atoms with Gasteiger partial charge in [0, 0.05) is 26.7 Å². The number of hydrogen-bond donors (Lipinski definition) is 4. The molecule has 0 spiro atoms. The minimum absolute atomic E-state index is 0.0940. The summed E-state index contributed by atoms with van der Waals surface area (Å²) in [7, 11) is 0. The van der Waals surface area contributed by atoms with E-state index in [2.05, 4.69) is 16.0 Å². The second-order valence-electron chi connectivity index (χ2n) is 8.18. The molecular formula is C20H32N4O8. The summed E-state index contributed by atoms with van der Waals surface area (Å²) in [6.45, 7) is 3.00. The van der Waals surface area contributed by atoms with Gasteiger partial charge < -0.3 is 35.4 Å². The number of carbonyl (C=O) groups excluding carboxylic acids is 4. The number of carboxylic acid groups (broad SMARTS) is 1. The first kappa shape index (κ1) is 25.5. The number of ether oxygens (including phenoxy) is 2. The van der Waals surface area contributed by atoms with E-state index in [0.29, 0.717) is 38.8 Å². The highest BCUT2D eigenvalue weighted by Crippen LogP contribution is 2.18. The van der Waals surface area contributed by atoms with E-state index in [1.165, 1.54) is 18.7 Å². The fraction of sp³-hybridized carbons (Fsp3) is 0.750. The van der Waals surface area contributed by atoms with Crippen LogP contribution in [0.4, 0.5) is 0 Å². The Kier molecular flexibility index (Phi) is 9.39. The zero-order chi connectivity index (χ0) is 23.7. The van der Waals surface area contributed by atoms with E-state index in [9.17, 15) is 29.1 Å². The number of carboxylic acids is 1. The SMILES string of the molecule is CC(=O)N[C@]1(C)COCCCCOC[C@@H](C(=O)O)NC(=O)[C@@H]2CCCN2C(=O)CNC1=O. The van der Waals surface area contributed by atoms with Gasteiger partial charge in [-0.2, -0.15) is 0 Å². The maximum atomic E-state index is 12.7. The number of amides is 4. The minimum atomic E-state index is -1.37. The molecule has 180 valence electrons. The van der Waals surface area contributed by atoms with Crippen LogP contribution in [0, 0.1) is 0 Å². The lowest BCUT2D eigenvalue weighted by Crippen LogP contribution is -2.60. The van der Waals surface area contributed by atoms with Gasteiger partial charge in [0.25, 0.3) is 0 Å². The van der Waals surface area contributed by atoms with E-state index >= 15 is 0 Å². The molecule has 2 fully saturated rings. The van der Waals surface area contributed by atoms with Crippen molar-refractivity contribution < 1.29 is 38.6 Å². The van der Waals surface area contributed by atoms with Crippen LogP contribution in [-0.2, 0) is 33.4 Å². The van der Waals surface area contributed by atoms with Gasteiger partial charge in [0.05, 0.1) is 19.8 Å². The molecule has 4 amide bonds. The van der Waals surface area contributed by atoms with Crippen molar-refractivity contribution >= 4 is 29.6 Å². The first-order valence-electron chi connectivity index (χ1n) is 10.7. The van der Waals surface area contributed by atoms with Crippen molar-refractivity contribution in [2.45, 2.75) is 57.2 Å². The van der Waals surface area contributed by atoms with E-state index in [1.54, 1.807) is 0 Å². The third kappa shape index (κ3) is 7.16. The van der Waals surface area contributed by atoms with Gasteiger partial charge in [-0.25, -0.2) is 4.79 Å². The molecule has 0 unspecified atom stereocenters. The Balaban J connectivity index is 2.15. The van der Waals surface area contributed by atoms with E-state index in [1.807, 2.05) is 0 Å². The van der Waals surface area contributed by atoms with Gasteiger partial charge >= 0.3 is 5.97 Å². The van der Waals surface area contributed by atoms with Crippen LogP contribution in [-0.4, -0.2) is 96.7 Å². The summed E-state index contributed by atoms with van der Waals surface area (Å²) in [4.78, 5) is 62.5. The van der Waals surface area contributed by atoms with E-state index in [0.717, 1.165) is 0 Å². The summed E-state index contributed by atoms with van der Waals surface area (Å²) >= 11 is 0. The van der Waals surface area contributed by atoms with Gasteiger partial charge in [0.2, 0.25) is 23.6 Å². The van der Waals surface area contributed by atoms with Crippen LogP contribution in [0.3, 0.4) is 0 Å². The van der Waals surface area contributed by atoms with E-state index < -0.39 is 47.2 Å². The molecule has 0 aromatic heterocycles. The molecule has 2 saturated heterocycles. The highest BCUT2D eigenvalue weighted by Gasteiger charge is 2.38. The number of nitrogens with zero attached hydrogens (tertiary/aromatic N) is 1. The molecule has 3 atom stereocenters. The highest BCUT2D eigenvalue weighted by molar-refractivity contribution is 5.95. The average Bonchev–Trinajstić information content (AvgIpc) is 3.21. The summed E-state index contributed by atoms with van der Waals surface area (Å²) in [5, 5.41) is 16.9. The van der Waals surface area contributed by atoms with Crippen LogP contribution in [0.5, 0.6) is 0 Å². The number of hydrogen-bond acceptors (Lipinski definition) is 7. The van der Waals surface area contributed by atoms with Crippen LogP contribution in [0.2, 0.25) is 0 Å². The Bertz CT molecular complexity index is 730. The lowest BCUT2D eigenvalue weighted by atomic mass is 10.0. The van der Waals surface area contributed by atoms with Crippen molar-refractivity contribution in [1.29, 1.82) is 0 Å². The molecule has 12 heteroatoms. The number of fused-ring (bicyclic) bond motifs is 1. The number of carbonyl (C=O) groups is 5. The normalized spacial score (nSPS) is 29.2. The van der Waals surface area contributed by atoms with Crippen molar-refractivity contribution in [3.8, 4) is 0 Å². The first-order valence-corrected chi connectivity index (χ1v) is 10.7. The number of nitrogens with one attached hydrogen (secondary N) is 3. The predicted octanol–water partition coefficient (Wildman–Crippen LogP) is -1.62. The van der Waals surface area contributed by atoms with Gasteiger partial charge in [-0.3, -0.25) is 19.2 Å². The number of aliphatic carboxylic acids is 1. The summed E-state index contributed by atoms with van der Waals surface area (Å²) in [5.74, 6) is -3.28. The Morgan fingerprint density at radius 1 is 1.16 bits per heavy atom. The Morgan fingerprint density at radius 2 is 1.84 bits per heavy atom. The third-order valence-corrected chi connectivity index (χ3v) is 5.35. The standard InChI is InChI=1S/C20H32N4O8/c1-13(25)23-20(2)12-32-9-4-3-8-31-11-14(18(28)29)22-17(27)15-6-5-7-24(15)16(26)10-21-19(20)30/h14-15H,3-12H2,1-2H3,(H,21,30)(H,22,27)(H,23,25)(H,28,29)/t14-,15-,20+/m0/s1. The predicted molar refractivity (Wildman–Crippen MR) is 110 cm³/mol. The molecule has 2 rings (SSSR count). The highest BCUT2D eigenvalue weighted by atomic mass is 16.5. The fourth-order valence-corrected chi connectivity index (χ4v) is 3.67. The lowest BCUT2D eigenvalue weighted by molar-refractivity contribution is -0.145. The van der Waals surface area contributed by atoms with Crippen LogP contribution in [0.1, 0.15) is 39.5 Å². The van der Waals surface area contributed by atoms with E-state index in [4.69, 9.17) is 9.47 Å². The third-order valence-electron chi connectivity index (χ3n) is 5.35. The Hall–Kier alpha value is -2.73. The van der Waals surface area contributed by atoms with Gasteiger partial charge in [-0.15, -0.1) is 0 Å². The minimum Gasteiger partial charge on any atom is -0.480 e. The van der Waals surface area contributed by atoms with Gasteiger partial charge in [-0.1, -0.05) is 0 Å². The second kappa shape index (κ2) is 11.8. The smallest absolute Gasteiger partial charge is 0.328 e. The van der Waals surface area contributed by atoms with Crippen molar-refractivity contribution in [1.82, 2.24) is 20.9 Å². The molecule has 12 nitrogen and oxygen atoms in total. The van der Waals surface area contributed by atoms with Crippen molar-refractivity contribution in [2.75, 3.05) is 39.5 Å². The molecule has 0 radical (unpaired) electrons. The van der Waals surface area contributed by atoms with Gasteiger partial charge in [0.15, 0.2) is 6.04 Å².